The molecular formula is C8H6BrF5N2. The molecule has 0 aliphatic rings. The van der Waals surface area contributed by atoms with Gasteiger partial charge in [0.15, 0.2) is 0 Å². The predicted octanol–water partition coefficient (Wildman–Crippen LogP) is 3.04. The van der Waals surface area contributed by atoms with Crippen molar-refractivity contribution >= 4 is 15.9 Å². The monoisotopic (exact) mass is 304 g/mol. The molecule has 0 unspecified atom stereocenters. The van der Waals surface area contributed by atoms with E-state index in [-0.39, 0.29) is 4.47 Å². The summed E-state index contributed by atoms with van der Waals surface area (Å²) < 4.78 is 62.0. The van der Waals surface area contributed by atoms with Crippen molar-refractivity contribution < 1.29 is 22.0 Å². The van der Waals surface area contributed by atoms with Crippen LogP contribution in [-0.2, 0) is 0 Å². The van der Waals surface area contributed by atoms with Crippen LogP contribution in [0.2, 0.25) is 0 Å². The fraction of sp³-hybridized carbons (Fsp3) is 0.375. The molecule has 2 nitrogen and oxygen atoms in total. The summed E-state index contributed by atoms with van der Waals surface area (Å²) in [6.45, 7) is 0. The van der Waals surface area contributed by atoms with Gasteiger partial charge in [0.1, 0.15) is 6.04 Å². The van der Waals surface area contributed by atoms with Crippen LogP contribution >= 0.6 is 15.9 Å². The molecule has 1 heterocycles. The van der Waals surface area contributed by atoms with Gasteiger partial charge in [0.2, 0.25) is 0 Å². The number of nitrogens with zero attached hydrogens (tertiary/aromatic N) is 1. The van der Waals surface area contributed by atoms with E-state index in [2.05, 4.69) is 20.9 Å². The minimum atomic E-state index is -5.69. The fourth-order valence-electron chi connectivity index (χ4n) is 0.984. The molecule has 0 saturated carbocycles. The Bertz CT molecular complexity index is 379. The summed E-state index contributed by atoms with van der Waals surface area (Å²) in [6, 6.07) is -1.41. The first-order chi connectivity index (χ1) is 7.16. The lowest BCUT2D eigenvalue weighted by molar-refractivity contribution is -0.291. The first-order valence-electron chi connectivity index (χ1n) is 3.97. The highest BCUT2D eigenvalue weighted by Gasteiger charge is 2.61. The van der Waals surface area contributed by atoms with Gasteiger partial charge in [0, 0.05) is 16.9 Å². The fourth-order valence-corrected chi connectivity index (χ4v) is 1.37. The third-order valence-electron chi connectivity index (χ3n) is 1.85. The van der Waals surface area contributed by atoms with E-state index in [1.165, 1.54) is 6.20 Å². The second kappa shape index (κ2) is 4.25. The van der Waals surface area contributed by atoms with Crippen molar-refractivity contribution in [2.24, 2.45) is 5.73 Å². The van der Waals surface area contributed by atoms with Gasteiger partial charge in [-0.05, 0) is 27.6 Å². The molecule has 0 aliphatic carbocycles. The second-order valence-corrected chi connectivity index (χ2v) is 3.95. The van der Waals surface area contributed by atoms with Crippen LogP contribution in [0.15, 0.2) is 22.9 Å². The van der Waals surface area contributed by atoms with Crippen molar-refractivity contribution in [3.8, 4) is 0 Å². The summed E-state index contributed by atoms with van der Waals surface area (Å²) in [6.07, 6.45) is -3.56. The number of nitrogens with two attached hydrogens (primary N) is 1. The first-order valence-corrected chi connectivity index (χ1v) is 4.76. The Labute approximate surface area is 95.8 Å². The normalized spacial score (nSPS) is 14.9. The summed E-state index contributed by atoms with van der Waals surface area (Å²) in [4.78, 5) is 3.47. The van der Waals surface area contributed by atoms with Crippen molar-refractivity contribution in [2.75, 3.05) is 0 Å². The standard InChI is InChI=1S/C8H6BrF5N2/c9-5-1-4(2-16-3-5)6(15)7(10,11)8(12,13)14/h1-3,6H,15H2/t6-/m0/s1. The zero-order chi connectivity index (χ0) is 12.6. The minimum Gasteiger partial charge on any atom is -0.319 e. The Morgan fingerprint density at radius 3 is 2.19 bits per heavy atom. The van der Waals surface area contributed by atoms with Gasteiger partial charge < -0.3 is 5.73 Å². The van der Waals surface area contributed by atoms with E-state index < -0.39 is 23.7 Å². The van der Waals surface area contributed by atoms with Crippen LogP contribution in [-0.4, -0.2) is 17.1 Å². The molecule has 0 amide bonds. The largest absolute Gasteiger partial charge is 0.455 e. The summed E-state index contributed by atoms with van der Waals surface area (Å²) in [5.41, 5.74) is 4.51. The summed E-state index contributed by atoms with van der Waals surface area (Å²) in [5, 5.41) is 0. The molecule has 0 bridgehead atoms. The lowest BCUT2D eigenvalue weighted by Crippen LogP contribution is -2.45. The zero-order valence-corrected chi connectivity index (χ0v) is 9.19. The third kappa shape index (κ3) is 2.49. The topological polar surface area (TPSA) is 38.9 Å². The lowest BCUT2D eigenvalue weighted by atomic mass is 10.0. The average molecular weight is 305 g/mol. The van der Waals surface area contributed by atoms with Crippen molar-refractivity contribution in [3.05, 3.63) is 28.5 Å². The van der Waals surface area contributed by atoms with Crippen LogP contribution in [0.4, 0.5) is 22.0 Å². The summed E-state index contributed by atoms with van der Waals surface area (Å²) in [7, 11) is 0. The molecule has 1 aromatic heterocycles. The van der Waals surface area contributed by atoms with Gasteiger partial charge in [-0.2, -0.15) is 22.0 Å². The molecular weight excluding hydrogens is 299 g/mol. The molecule has 16 heavy (non-hydrogen) atoms. The SMILES string of the molecule is N[C@@H](c1cncc(Br)c1)C(F)(F)C(F)(F)F. The van der Waals surface area contributed by atoms with E-state index in [9.17, 15) is 22.0 Å². The molecule has 0 fully saturated rings. The number of pyridine rings is 1. The van der Waals surface area contributed by atoms with Crippen LogP contribution in [0.3, 0.4) is 0 Å². The molecule has 90 valence electrons. The quantitative estimate of drug-likeness (QED) is 0.853. The molecule has 0 spiro atoms. The Morgan fingerprint density at radius 1 is 1.19 bits per heavy atom. The maximum atomic E-state index is 12.8. The number of hydrogen-bond donors (Lipinski definition) is 1. The Morgan fingerprint density at radius 2 is 1.75 bits per heavy atom. The van der Waals surface area contributed by atoms with E-state index in [1.54, 1.807) is 0 Å². The molecule has 0 aliphatic heterocycles. The van der Waals surface area contributed by atoms with Gasteiger partial charge in [0.25, 0.3) is 0 Å². The average Bonchev–Trinajstić information content (AvgIpc) is 2.14. The van der Waals surface area contributed by atoms with E-state index in [0.717, 1.165) is 12.3 Å². The molecule has 8 heteroatoms. The highest BCUT2D eigenvalue weighted by molar-refractivity contribution is 9.10. The van der Waals surface area contributed by atoms with Crippen LogP contribution in [0.1, 0.15) is 11.6 Å². The molecule has 1 rings (SSSR count). The van der Waals surface area contributed by atoms with Gasteiger partial charge in [-0.3, -0.25) is 4.98 Å². The maximum Gasteiger partial charge on any atom is 0.455 e. The number of hydrogen-bond acceptors (Lipinski definition) is 2. The van der Waals surface area contributed by atoms with Crippen molar-refractivity contribution in [1.82, 2.24) is 4.98 Å². The van der Waals surface area contributed by atoms with Gasteiger partial charge in [-0.1, -0.05) is 0 Å². The minimum absolute atomic E-state index is 0.276. The highest BCUT2D eigenvalue weighted by Crippen LogP contribution is 2.43. The first kappa shape index (κ1) is 13.3. The van der Waals surface area contributed by atoms with E-state index >= 15 is 0 Å². The number of alkyl halides is 5. The van der Waals surface area contributed by atoms with Crippen LogP contribution in [0, 0.1) is 0 Å². The van der Waals surface area contributed by atoms with Crippen LogP contribution < -0.4 is 5.73 Å². The van der Waals surface area contributed by atoms with Crippen LogP contribution in [0.25, 0.3) is 0 Å². The van der Waals surface area contributed by atoms with Gasteiger partial charge in [0.05, 0.1) is 0 Å². The Kier molecular flexibility index (Phi) is 3.53. The Balaban J connectivity index is 3.07. The second-order valence-electron chi connectivity index (χ2n) is 3.03. The van der Waals surface area contributed by atoms with Crippen molar-refractivity contribution in [3.63, 3.8) is 0 Å². The molecule has 0 aromatic carbocycles. The summed E-state index contributed by atoms with van der Waals surface area (Å²) in [5.74, 6) is -4.99. The number of rotatable bonds is 2. The molecule has 0 radical (unpaired) electrons. The van der Waals surface area contributed by atoms with Crippen molar-refractivity contribution in [1.29, 1.82) is 0 Å². The molecule has 0 saturated heterocycles. The molecule has 1 aromatic rings. The van der Waals surface area contributed by atoms with E-state index in [0.29, 0.717) is 0 Å². The number of halogens is 6. The highest BCUT2D eigenvalue weighted by atomic mass is 79.9. The van der Waals surface area contributed by atoms with Gasteiger partial charge in [-0.25, -0.2) is 0 Å². The van der Waals surface area contributed by atoms with Gasteiger partial charge in [-0.15, -0.1) is 0 Å². The number of aromatic nitrogens is 1. The smallest absolute Gasteiger partial charge is 0.319 e. The van der Waals surface area contributed by atoms with Crippen LogP contribution in [0.5, 0.6) is 0 Å². The zero-order valence-electron chi connectivity index (χ0n) is 7.60. The van der Waals surface area contributed by atoms with Gasteiger partial charge >= 0.3 is 12.1 Å². The van der Waals surface area contributed by atoms with Crippen molar-refractivity contribution in [2.45, 2.75) is 18.1 Å². The molecule has 2 N–H and O–H groups in total. The van der Waals surface area contributed by atoms with E-state index in [4.69, 9.17) is 5.73 Å². The molecule has 1 atom stereocenters. The lowest BCUT2D eigenvalue weighted by Gasteiger charge is -2.25. The third-order valence-corrected chi connectivity index (χ3v) is 2.29. The predicted molar refractivity (Wildman–Crippen MR) is 49.9 cm³/mol. The van der Waals surface area contributed by atoms with E-state index in [1.807, 2.05) is 0 Å². The summed E-state index contributed by atoms with van der Waals surface area (Å²) >= 11 is 2.90. The maximum absolute atomic E-state index is 12.8. The Hall–Kier alpha value is -0.760.